The lowest BCUT2D eigenvalue weighted by molar-refractivity contribution is 0.257. The van der Waals surface area contributed by atoms with Crippen molar-refractivity contribution in [2.45, 2.75) is 78.8 Å². The molecule has 0 radical (unpaired) electrons. The lowest BCUT2D eigenvalue weighted by Crippen LogP contribution is -2.44. The van der Waals surface area contributed by atoms with Crippen LogP contribution < -0.4 is 5.32 Å². The molecule has 0 bridgehead atoms. The molecule has 2 atom stereocenters. The first-order chi connectivity index (χ1) is 14.4. The number of hydrogen-bond acceptors (Lipinski definition) is 7. The van der Waals surface area contributed by atoms with Crippen LogP contribution in [-0.2, 0) is 12.1 Å². The molecule has 1 aliphatic rings. The van der Waals surface area contributed by atoms with Crippen LogP contribution in [0.5, 0.6) is 0 Å². The smallest absolute Gasteiger partial charge is 0.223 e. The maximum absolute atomic E-state index is 5.16. The number of nitrogens with one attached hydrogen (secondary N) is 1. The molecule has 2 aromatic heterocycles. The molecule has 0 amide bonds. The van der Waals surface area contributed by atoms with E-state index in [1.807, 2.05) is 11.6 Å². The van der Waals surface area contributed by atoms with Gasteiger partial charge in [-0.3, -0.25) is 5.32 Å². The van der Waals surface area contributed by atoms with Crippen molar-refractivity contribution in [1.82, 2.24) is 35.7 Å². The summed E-state index contributed by atoms with van der Waals surface area (Å²) in [5.74, 6) is 2.79. The lowest BCUT2D eigenvalue weighted by Gasteiger charge is -2.33. The Bertz CT molecular complexity index is 1000. The van der Waals surface area contributed by atoms with Gasteiger partial charge in [0.2, 0.25) is 5.89 Å². The van der Waals surface area contributed by atoms with E-state index in [1.54, 1.807) is 0 Å². The number of rotatable bonds is 5. The first-order valence-electron chi connectivity index (χ1n) is 10.8. The number of aryl methyl sites for hydroxylation is 4. The van der Waals surface area contributed by atoms with Gasteiger partial charge in [0.15, 0.2) is 11.6 Å². The molecule has 8 heteroatoms. The molecule has 1 fully saturated rings. The summed E-state index contributed by atoms with van der Waals surface area (Å²) in [6, 6.07) is 4.37. The van der Waals surface area contributed by atoms with Crippen molar-refractivity contribution in [3.63, 3.8) is 0 Å². The molecule has 0 aliphatic heterocycles. The minimum absolute atomic E-state index is 0.341. The second-order valence-electron chi connectivity index (χ2n) is 8.86. The third-order valence-electron chi connectivity index (χ3n) is 6.26. The van der Waals surface area contributed by atoms with E-state index in [-0.39, 0.29) is 5.54 Å². The van der Waals surface area contributed by atoms with E-state index in [2.05, 4.69) is 70.8 Å². The van der Waals surface area contributed by atoms with E-state index in [9.17, 15) is 0 Å². The van der Waals surface area contributed by atoms with E-state index in [4.69, 9.17) is 4.52 Å². The highest BCUT2D eigenvalue weighted by molar-refractivity contribution is 5.49. The highest BCUT2D eigenvalue weighted by Crippen LogP contribution is 2.38. The quantitative estimate of drug-likeness (QED) is 0.639. The standard InChI is InChI=1S/C22H31N7O/c1-14-7-6-9-22(10-8-14,23-13-19-24-18(5)30-26-19)21-25-27-28-29(21)20-16(3)11-15(2)12-17(20)4/h11-12,14,23H,6-10,13H2,1-5H3. The molecular weight excluding hydrogens is 378 g/mol. The minimum Gasteiger partial charge on any atom is -0.340 e. The molecule has 3 aromatic rings. The topological polar surface area (TPSA) is 94.6 Å². The van der Waals surface area contributed by atoms with E-state index in [0.717, 1.165) is 37.2 Å². The van der Waals surface area contributed by atoms with E-state index in [0.29, 0.717) is 24.2 Å². The van der Waals surface area contributed by atoms with Crippen molar-refractivity contribution in [1.29, 1.82) is 0 Å². The summed E-state index contributed by atoms with van der Waals surface area (Å²) in [7, 11) is 0. The monoisotopic (exact) mass is 409 g/mol. The zero-order valence-electron chi connectivity index (χ0n) is 18.6. The SMILES string of the molecule is Cc1cc(C)c(-n2nnnc2C2(NCc3noc(C)n3)CCCC(C)CC2)c(C)c1. The van der Waals surface area contributed by atoms with Gasteiger partial charge in [0.1, 0.15) is 0 Å². The molecule has 30 heavy (non-hydrogen) atoms. The first-order valence-corrected chi connectivity index (χ1v) is 10.8. The Hall–Kier alpha value is -2.61. The van der Waals surface area contributed by atoms with Crippen molar-refractivity contribution < 1.29 is 4.52 Å². The predicted molar refractivity (Wildman–Crippen MR) is 113 cm³/mol. The van der Waals surface area contributed by atoms with Gasteiger partial charge in [-0.25, -0.2) is 0 Å². The maximum Gasteiger partial charge on any atom is 0.223 e. The van der Waals surface area contributed by atoms with Crippen LogP contribution in [0.4, 0.5) is 0 Å². The van der Waals surface area contributed by atoms with Gasteiger partial charge in [0.05, 0.1) is 17.8 Å². The summed E-state index contributed by atoms with van der Waals surface area (Å²) in [6.07, 6.45) is 5.40. The molecule has 160 valence electrons. The van der Waals surface area contributed by atoms with E-state index < -0.39 is 0 Å². The summed E-state index contributed by atoms with van der Waals surface area (Å²) < 4.78 is 7.10. The Balaban J connectivity index is 1.76. The number of nitrogens with zero attached hydrogens (tertiary/aromatic N) is 6. The predicted octanol–water partition coefficient (Wildman–Crippen LogP) is 3.86. The number of aromatic nitrogens is 6. The zero-order valence-corrected chi connectivity index (χ0v) is 18.6. The van der Waals surface area contributed by atoms with Crippen molar-refractivity contribution in [3.8, 4) is 5.69 Å². The molecule has 2 heterocycles. The fourth-order valence-corrected chi connectivity index (χ4v) is 4.80. The van der Waals surface area contributed by atoms with E-state index in [1.165, 1.54) is 23.1 Å². The molecule has 1 aliphatic carbocycles. The molecule has 1 aromatic carbocycles. The second kappa shape index (κ2) is 8.26. The van der Waals surface area contributed by atoms with Gasteiger partial charge in [0, 0.05) is 6.92 Å². The van der Waals surface area contributed by atoms with Gasteiger partial charge >= 0.3 is 0 Å². The maximum atomic E-state index is 5.16. The van der Waals surface area contributed by atoms with Crippen LogP contribution in [0.25, 0.3) is 5.69 Å². The Labute approximate surface area is 177 Å². The van der Waals surface area contributed by atoms with Gasteiger partial charge in [-0.2, -0.15) is 9.67 Å². The normalized spacial score (nSPS) is 22.2. The molecule has 0 spiro atoms. The van der Waals surface area contributed by atoms with Crippen molar-refractivity contribution in [2.75, 3.05) is 0 Å². The van der Waals surface area contributed by atoms with Gasteiger partial charge in [0.25, 0.3) is 0 Å². The number of tetrazole rings is 1. The molecule has 2 unspecified atom stereocenters. The molecule has 1 N–H and O–H groups in total. The van der Waals surface area contributed by atoms with Gasteiger partial charge < -0.3 is 4.52 Å². The Morgan fingerprint density at radius 2 is 1.90 bits per heavy atom. The highest BCUT2D eigenvalue weighted by atomic mass is 16.5. The van der Waals surface area contributed by atoms with Crippen LogP contribution in [-0.4, -0.2) is 30.3 Å². The van der Waals surface area contributed by atoms with Crippen molar-refractivity contribution in [3.05, 3.63) is 46.4 Å². The average molecular weight is 410 g/mol. The number of benzene rings is 1. The largest absolute Gasteiger partial charge is 0.340 e. The summed E-state index contributed by atoms with van der Waals surface area (Å²) in [5.41, 5.74) is 4.31. The van der Waals surface area contributed by atoms with Crippen LogP contribution >= 0.6 is 0 Å². The lowest BCUT2D eigenvalue weighted by atomic mass is 9.88. The summed E-state index contributed by atoms with van der Waals surface area (Å²) in [5, 5.41) is 20.9. The zero-order chi connectivity index (χ0) is 21.3. The molecule has 4 rings (SSSR count). The van der Waals surface area contributed by atoms with E-state index >= 15 is 0 Å². The minimum atomic E-state index is -0.341. The van der Waals surface area contributed by atoms with Crippen molar-refractivity contribution >= 4 is 0 Å². The van der Waals surface area contributed by atoms with Crippen LogP contribution in [0.2, 0.25) is 0 Å². The fraction of sp³-hybridized carbons (Fsp3) is 0.591. The fourth-order valence-electron chi connectivity index (χ4n) is 4.80. The van der Waals surface area contributed by atoms with Crippen LogP contribution in [0.3, 0.4) is 0 Å². The average Bonchev–Trinajstić information content (AvgIpc) is 3.28. The third-order valence-corrected chi connectivity index (χ3v) is 6.26. The molecule has 0 saturated heterocycles. The van der Waals surface area contributed by atoms with Crippen LogP contribution in [0.1, 0.15) is 73.3 Å². The first kappa shape index (κ1) is 20.7. The van der Waals surface area contributed by atoms with Gasteiger partial charge in [-0.1, -0.05) is 42.6 Å². The Kier molecular flexibility index (Phi) is 5.69. The second-order valence-corrected chi connectivity index (χ2v) is 8.86. The molecule has 8 nitrogen and oxygen atoms in total. The van der Waals surface area contributed by atoms with Gasteiger partial charge in [-0.05, 0) is 67.5 Å². The Morgan fingerprint density at radius 3 is 2.60 bits per heavy atom. The summed E-state index contributed by atoms with van der Waals surface area (Å²) >= 11 is 0. The highest BCUT2D eigenvalue weighted by Gasteiger charge is 2.39. The van der Waals surface area contributed by atoms with Crippen LogP contribution in [0, 0.1) is 33.6 Å². The third kappa shape index (κ3) is 4.01. The summed E-state index contributed by atoms with van der Waals surface area (Å²) in [4.78, 5) is 4.37. The summed E-state index contributed by atoms with van der Waals surface area (Å²) in [6.45, 7) is 11.0. The Morgan fingerprint density at radius 1 is 1.13 bits per heavy atom. The van der Waals surface area contributed by atoms with Crippen molar-refractivity contribution in [2.24, 2.45) is 5.92 Å². The number of hydrogen-bond donors (Lipinski definition) is 1. The van der Waals surface area contributed by atoms with Crippen LogP contribution in [0.15, 0.2) is 16.7 Å². The molecular formula is C22H31N7O. The van der Waals surface area contributed by atoms with Gasteiger partial charge in [-0.15, -0.1) is 5.10 Å². The molecule has 1 saturated carbocycles.